The molecule has 0 saturated heterocycles. The van der Waals surface area contributed by atoms with Gasteiger partial charge in [-0.15, -0.1) is 23.2 Å². The summed E-state index contributed by atoms with van der Waals surface area (Å²) in [6.07, 6.45) is 3.44. The molecule has 0 spiro atoms. The van der Waals surface area contributed by atoms with E-state index in [4.69, 9.17) is 23.2 Å². The minimum Gasteiger partial charge on any atom is -0.159 e. The van der Waals surface area contributed by atoms with Gasteiger partial charge >= 0.3 is 0 Å². The SMILES string of the molecule is CCCC(C)(C)C(Cl)CSCC(Cl)CC. The molecule has 0 nitrogen and oxygen atoms in total. The summed E-state index contributed by atoms with van der Waals surface area (Å²) >= 11 is 14.4. The van der Waals surface area contributed by atoms with Crippen LogP contribution in [0, 0.1) is 5.41 Å². The van der Waals surface area contributed by atoms with Gasteiger partial charge in [-0.1, -0.05) is 34.1 Å². The molecule has 0 heterocycles. The van der Waals surface area contributed by atoms with E-state index in [9.17, 15) is 0 Å². The fourth-order valence-corrected chi connectivity index (χ4v) is 3.37. The molecular weight excluding hydrogens is 247 g/mol. The van der Waals surface area contributed by atoms with Crippen molar-refractivity contribution in [2.24, 2.45) is 5.41 Å². The summed E-state index contributed by atoms with van der Waals surface area (Å²) in [6.45, 7) is 8.85. The number of rotatable bonds is 8. The average molecular weight is 271 g/mol. The first-order valence-corrected chi connectivity index (χ1v) is 7.82. The van der Waals surface area contributed by atoms with Crippen LogP contribution in [0.3, 0.4) is 0 Å². The third-order valence-electron chi connectivity index (χ3n) is 2.75. The van der Waals surface area contributed by atoms with Crippen LogP contribution in [0.4, 0.5) is 0 Å². The third-order valence-corrected chi connectivity index (χ3v) is 5.53. The Balaban J connectivity index is 3.77. The van der Waals surface area contributed by atoms with Crippen LogP contribution in [0.15, 0.2) is 0 Å². The topological polar surface area (TPSA) is 0 Å². The minimum atomic E-state index is 0.247. The van der Waals surface area contributed by atoms with Crippen molar-refractivity contribution in [3.05, 3.63) is 0 Å². The van der Waals surface area contributed by atoms with Gasteiger partial charge in [-0.05, 0) is 18.3 Å². The number of hydrogen-bond acceptors (Lipinski definition) is 1. The van der Waals surface area contributed by atoms with Crippen LogP contribution in [0.25, 0.3) is 0 Å². The normalized spacial score (nSPS) is 16.4. The van der Waals surface area contributed by atoms with Crippen LogP contribution in [-0.2, 0) is 0 Å². The molecule has 0 aliphatic heterocycles. The molecule has 0 amide bonds. The summed E-state index contributed by atoms with van der Waals surface area (Å²) < 4.78 is 0. The van der Waals surface area contributed by atoms with Crippen molar-refractivity contribution in [2.75, 3.05) is 11.5 Å². The van der Waals surface area contributed by atoms with Gasteiger partial charge < -0.3 is 0 Å². The zero-order valence-electron chi connectivity index (χ0n) is 10.4. The summed E-state index contributed by atoms with van der Waals surface area (Å²) in [5.41, 5.74) is 0.247. The maximum atomic E-state index is 6.41. The number of alkyl halides is 2. The van der Waals surface area contributed by atoms with Crippen molar-refractivity contribution in [1.82, 2.24) is 0 Å². The molecule has 0 radical (unpaired) electrons. The standard InChI is InChI=1S/C12H24Cl2S/c1-5-7-12(3,4)11(14)9-15-8-10(13)6-2/h10-11H,5-9H2,1-4H3. The summed E-state index contributed by atoms with van der Waals surface area (Å²) in [5, 5.41) is 0.552. The van der Waals surface area contributed by atoms with Crippen molar-refractivity contribution in [3.8, 4) is 0 Å². The summed E-state index contributed by atoms with van der Waals surface area (Å²) in [7, 11) is 0. The zero-order chi connectivity index (χ0) is 11.9. The molecule has 0 N–H and O–H groups in total. The molecule has 0 aliphatic rings. The van der Waals surface area contributed by atoms with Crippen molar-refractivity contribution in [1.29, 1.82) is 0 Å². The average Bonchev–Trinajstić information content (AvgIpc) is 2.17. The molecule has 0 bridgehead atoms. The fourth-order valence-electron chi connectivity index (χ4n) is 1.44. The Kier molecular flexibility index (Phi) is 8.59. The van der Waals surface area contributed by atoms with Crippen LogP contribution >= 0.6 is 35.0 Å². The van der Waals surface area contributed by atoms with E-state index in [1.54, 1.807) is 0 Å². The zero-order valence-corrected chi connectivity index (χ0v) is 12.7. The molecule has 2 atom stereocenters. The Morgan fingerprint density at radius 3 is 2.20 bits per heavy atom. The van der Waals surface area contributed by atoms with Crippen molar-refractivity contribution in [2.45, 2.75) is 57.7 Å². The molecule has 3 heteroatoms. The molecular formula is C12H24Cl2S. The summed E-state index contributed by atoms with van der Waals surface area (Å²) in [5.74, 6) is 2.03. The quantitative estimate of drug-likeness (QED) is 0.549. The first-order chi connectivity index (χ1) is 6.94. The van der Waals surface area contributed by atoms with Gasteiger partial charge in [0.2, 0.25) is 0 Å². The second kappa shape index (κ2) is 8.08. The van der Waals surface area contributed by atoms with Crippen LogP contribution in [0.5, 0.6) is 0 Å². The second-order valence-corrected chi connectivity index (χ2v) is 6.97. The van der Waals surface area contributed by atoms with Gasteiger partial charge in [0.1, 0.15) is 0 Å². The van der Waals surface area contributed by atoms with E-state index in [2.05, 4.69) is 27.7 Å². The number of thioether (sulfide) groups is 1. The highest BCUT2D eigenvalue weighted by Gasteiger charge is 2.26. The highest BCUT2D eigenvalue weighted by Crippen LogP contribution is 2.33. The largest absolute Gasteiger partial charge is 0.159 e. The maximum absolute atomic E-state index is 6.41. The Morgan fingerprint density at radius 2 is 1.73 bits per heavy atom. The second-order valence-electron chi connectivity index (χ2n) is 4.75. The van der Waals surface area contributed by atoms with E-state index in [0.29, 0.717) is 5.38 Å². The van der Waals surface area contributed by atoms with Gasteiger partial charge in [-0.3, -0.25) is 0 Å². The van der Waals surface area contributed by atoms with Gasteiger partial charge in [0.05, 0.1) is 0 Å². The van der Waals surface area contributed by atoms with E-state index in [-0.39, 0.29) is 10.8 Å². The smallest absolute Gasteiger partial charge is 0.0477 e. The molecule has 0 aliphatic carbocycles. The Hall–Kier alpha value is 0.930. The van der Waals surface area contributed by atoms with Crippen molar-refractivity contribution < 1.29 is 0 Å². The van der Waals surface area contributed by atoms with E-state index >= 15 is 0 Å². The Labute approximate surface area is 109 Å². The molecule has 2 unspecified atom stereocenters. The fraction of sp³-hybridized carbons (Fsp3) is 1.00. The first kappa shape index (κ1) is 15.9. The van der Waals surface area contributed by atoms with Gasteiger partial charge in [-0.2, -0.15) is 11.8 Å². The Bertz CT molecular complexity index is 160. The lowest BCUT2D eigenvalue weighted by Gasteiger charge is -2.29. The lowest BCUT2D eigenvalue weighted by molar-refractivity contribution is 0.328. The molecule has 0 aromatic rings. The van der Waals surface area contributed by atoms with Crippen molar-refractivity contribution >= 4 is 35.0 Å². The summed E-state index contributed by atoms with van der Waals surface area (Å²) in [4.78, 5) is 0. The number of halogens is 2. The third kappa shape index (κ3) is 6.97. The highest BCUT2D eigenvalue weighted by molar-refractivity contribution is 7.99. The van der Waals surface area contributed by atoms with E-state index in [0.717, 1.165) is 17.9 Å². The van der Waals surface area contributed by atoms with Gasteiger partial charge in [0.25, 0.3) is 0 Å². The van der Waals surface area contributed by atoms with Gasteiger partial charge in [0, 0.05) is 22.3 Å². The predicted molar refractivity (Wildman–Crippen MR) is 75.6 cm³/mol. The highest BCUT2D eigenvalue weighted by atomic mass is 35.5. The summed E-state index contributed by atoms with van der Waals surface area (Å²) in [6, 6.07) is 0. The van der Waals surface area contributed by atoms with Crippen LogP contribution < -0.4 is 0 Å². The molecule has 92 valence electrons. The van der Waals surface area contributed by atoms with E-state index in [1.807, 2.05) is 11.8 Å². The monoisotopic (exact) mass is 270 g/mol. The molecule has 0 fully saturated rings. The molecule has 0 rings (SSSR count). The molecule has 0 aromatic carbocycles. The van der Waals surface area contributed by atoms with E-state index in [1.165, 1.54) is 12.8 Å². The Morgan fingerprint density at radius 1 is 1.13 bits per heavy atom. The predicted octanol–water partition coefficient (Wildman–Crippen LogP) is 5.17. The van der Waals surface area contributed by atoms with Crippen LogP contribution in [-0.4, -0.2) is 22.3 Å². The van der Waals surface area contributed by atoms with Crippen LogP contribution in [0.2, 0.25) is 0 Å². The molecule has 15 heavy (non-hydrogen) atoms. The lowest BCUT2D eigenvalue weighted by atomic mass is 9.85. The van der Waals surface area contributed by atoms with Gasteiger partial charge in [0.15, 0.2) is 0 Å². The molecule has 0 saturated carbocycles. The minimum absolute atomic E-state index is 0.247. The first-order valence-electron chi connectivity index (χ1n) is 5.79. The van der Waals surface area contributed by atoms with Gasteiger partial charge in [-0.25, -0.2) is 0 Å². The number of hydrogen-bond donors (Lipinski definition) is 0. The van der Waals surface area contributed by atoms with Crippen molar-refractivity contribution in [3.63, 3.8) is 0 Å². The lowest BCUT2D eigenvalue weighted by Crippen LogP contribution is -2.27. The maximum Gasteiger partial charge on any atom is 0.0477 e. The van der Waals surface area contributed by atoms with Crippen LogP contribution in [0.1, 0.15) is 47.0 Å². The van der Waals surface area contributed by atoms with E-state index < -0.39 is 0 Å². The molecule has 0 aromatic heterocycles.